The first-order valence-electron chi connectivity index (χ1n) is 22.0. The highest BCUT2D eigenvalue weighted by Gasteiger charge is 2.21. The molecular formula is C62H42N2. The summed E-state index contributed by atoms with van der Waals surface area (Å²) in [6, 6.07) is 92.6. The molecule has 11 aromatic carbocycles. The second-order valence-electron chi connectivity index (χ2n) is 16.5. The molecule has 0 atom stereocenters. The Morgan fingerprint density at radius 3 is 1.55 bits per heavy atom. The fraction of sp³-hybridized carbons (Fsp3) is 0. The van der Waals surface area contributed by atoms with Crippen molar-refractivity contribution in [2.24, 2.45) is 0 Å². The van der Waals surface area contributed by atoms with Gasteiger partial charge in [0.1, 0.15) is 0 Å². The van der Waals surface area contributed by atoms with Gasteiger partial charge >= 0.3 is 0 Å². The Morgan fingerprint density at radius 2 is 0.812 bits per heavy atom. The maximum atomic E-state index is 2.44. The predicted molar refractivity (Wildman–Crippen MR) is 272 cm³/mol. The Balaban J connectivity index is 1.01. The number of benzene rings is 11. The minimum atomic E-state index is 1.09. The zero-order valence-corrected chi connectivity index (χ0v) is 35.1. The van der Waals surface area contributed by atoms with E-state index in [0.29, 0.717) is 0 Å². The largest absolute Gasteiger partial charge is 0.310 e. The highest BCUT2D eigenvalue weighted by molar-refractivity contribution is 6.19. The van der Waals surface area contributed by atoms with E-state index in [-0.39, 0.29) is 0 Å². The first-order chi connectivity index (χ1) is 31.7. The minimum absolute atomic E-state index is 1.09. The second kappa shape index (κ2) is 15.8. The molecule has 0 fully saturated rings. The van der Waals surface area contributed by atoms with Gasteiger partial charge in [0.25, 0.3) is 0 Å². The molecule has 0 saturated carbocycles. The molecular weight excluding hydrogens is 773 g/mol. The number of hydrogen-bond donors (Lipinski definition) is 0. The number of fused-ring (bicyclic) bond motifs is 6. The number of para-hydroxylation sites is 2. The normalized spacial score (nSPS) is 11.4. The molecule has 2 nitrogen and oxygen atoms in total. The third kappa shape index (κ3) is 6.52. The third-order valence-electron chi connectivity index (χ3n) is 12.8. The topological polar surface area (TPSA) is 8.17 Å². The van der Waals surface area contributed by atoms with Gasteiger partial charge in [-0.2, -0.15) is 0 Å². The third-order valence-corrected chi connectivity index (χ3v) is 12.8. The first-order valence-corrected chi connectivity index (χ1v) is 22.0. The monoisotopic (exact) mass is 814 g/mol. The van der Waals surface area contributed by atoms with E-state index in [1.54, 1.807) is 0 Å². The Morgan fingerprint density at radius 1 is 0.281 bits per heavy atom. The lowest BCUT2D eigenvalue weighted by molar-refractivity contribution is 1.18. The van der Waals surface area contributed by atoms with Gasteiger partial charge in [-0.1, -0.05) is 194 Å². The van der Waals surface area contributed by atoms with Gasteiger partial charge in [0.15, 0.2) is 0 Å². The molecule has 0 N–H and O–H groups in total. The lowest BCUT2D eigenvalue weighted by Crippen LogP contribution is -2.10. The molecule has 12 rings (SSSR count). The zero-order valence-electron chi connectivity index (χ0n) is 35.1. The van der Waals surface area contributed by atoms with E-state index < -0.39 is 0 Å². The maximum absolute atomic E-state index is 2.44. The minimum Gasteiger partial charge on any atom is -0.310 e. The highest BCUT2D eigenvalue weighted by atomic mass is 15.1. The van der Waals surface area contributed by atoms with Gasteiger partial charge in [-0.3, -0.25) is 0 Å². The van der Waals surface area contributed by atoms with Crippen molar-refractivity contribution in [2.75, 3.05) is 4.90 Å². The number of rotatable bonds is 8. The molecule has 12 aromatic rings. The number of anilines is 3. The van der Waals surface area contributed by atoms with Gasteiger partial charge in [0.05, 0.1) is 11.0 Å². The van der Waals surface area contributed by atoms with E-state index in [0.717, 1.165) is 28.3 Å². The van der Waals surface area contributed by atoms with Crippen LogP contribution in [0.5, 0.6) is 0 Å². The van der Waals surface area contributed by atoms with E-state index in [2.05, 4.69) is 264 Å². The van der Waals surface area contributed by atoms with Crippen LogP contribution in [0.4, 0.5) is 17.1 Å². The molecule has 0 saturated heterocycles. The first kappa shape index (κ1) is 37.3. The molecule has 1 aromatic heterocycles. The molecule has 0 unspecified atom stereocenters. The summed E-state index contributed by atoms with van der Waals surface area (Å²) in [6.07, 6.45) is 0. The molecule has 0 aliphatic rings. The number of nitrogens with zero attached hydrogens (tertiary/aromatic N) is 2. The van der Waals surface area contributed by atoms with E-state index in [4.69, 9.17) is 0 Å². The van der Waals surface area contributed by atoms with E-state index in [1.165, 1.54) is 82.3 Å². The smallest absolute Gasteiger partial charge is 0.0625 e. The molecule has 0 bridgehead atoms. The van der Waals surface area contributed by atoms with Crippen LogP contribution in [0.15, 0.2) is 255 Å². The summed E-state index contributed by atoms with van der Waals surface area (Å²) in [5, 5.41) is 7.54. The quantitative estimate of drug-likeness (QED) is 0.139. The summed E-state index contributed by atoms with van der Waals surface area (Å²) in [5.74, 6) is 0. The van der Waals surface area contributed by atoms with Crippen molar-refractivity contribution in [3.63, 3.8) is 0 Å². The molecule has 2 heteroatoms. The Labute approximate surface area is 373 Å². The lowest BCUT2D eigenvalue weighted by Gasteiger charge is -2.26. The summed E-state index contributed by atoms with van der Waals surface area (Å²) in [7, 11) is 0. The second-order valence-corrected chi connectivity index (χ2v) is 16.5. The molecule has 0 spiro atoms. The Bertz CT molecular complexity index is 3630. The van der Waals surface area contributed by atoms with Crippen molar-refractivity contribution < 1.29 is 0 Å². The maximum Gasteiger partial charge on any atom is 0.0625 e. The van der Waals surface area contributed by atoms with Gasteiger partial charge < -0.3 is 9.47 Å². The molecule has 300 valence electrons. The predicted octanol–water partition coefficient (Wildman–Crippen LogP) is 17.2. The highest BCUT2D eigenvalue weighted by Crippen LogP contribution is 2.45. The van der Waals surface area contributed by atoms with Crippen LogP contribution >= 0.6 is 0 Å². The number of hydrogen-bond acceptors (Lipinski definition) is 1. The van der Waals surface area contributed by atoms with Gasteiger partial charge in [0, 0.05) is 39.1 Å². The van der Waals surface area contributed by atoms with Gasteiger partial charge in [0.2, 0.25) is 0 Å². The lowest BCUT2D eigenvalue weighted by atomic mass is 9.94. The summed E-state index contributed by atoms with van der Waals surface area (Å²) in [5.41, 5.74) is 16.3. The summed E-state index contributed by atoms with van der Waals surface area (Å²) >= 11 is 0. The van der Waals surface area contributed by atoms with Crippen LogP contribution in [0, 0.1) is 0 Å². The van der Waals surface area contributed by atoms with Crippen molar-refractivity contribution in [1.29, 1.82) is 0 Å². The molecule has 64 heavy (non-hydrogen) atoms. The van der Waals surface area contributed by atoms with E-state index in [9.17, 15) is 0 Å². The Hall–Kier alpha value is -8.46. The summed E-state index contributed by atoms with van der Waals surface area (Å²) in [6.45, 7) is 0. The summed E-state index contributed by atoms with van der Waals surface area (Å²) in [4.78, 5) is 2.39. The molecule has 0 aliphatic carbocycles. The van der Waals surface area contributed by atoms with Gasteiger partial charge in [-0.25, -0.2) is 0 Å². The van der Waals surface area contributed by atoms with Crippen LogP contribution in [0.2, 0.25) is 0 Å². The van der Waals surface area contributed by atoms with Crippen LogP contribution in [0.3, 0.4) is 0 Å². The van der Waals surface area contributed by atoms with Gasteiger partial charge in [-0.15, -0.1) is 0 Å². The van der Waals surface area contributed by atoms with Crippen LogP contribution in [0.1, 0.15) is 0 Å². The average molecular weight is 815 g/mol. The zero-order chi connectivity index (χ0) is 42.4. The SMILES string of the molecule is c1ccc(-c2ccc(N(c3ccc(-c4ccc5c(ccc6ccccc65)c4)cc3)c3cccc(-c4ccc(-c5ccccc5)c5c4c4ccccc4n5-c4ccccc4)c3)cc2)cc1. The molecule has 1 heterocycles. The molecule has 0 amide bonds. The fourth-order valence-corrected chi connectivity index (χ4v) is 9.72. The number of aromatic nitrogens is 1. The van der Waals surface area contributed by atoms with Crippen molar-refractivity contribution in [3.8, 4) is 50.2 Å². The average Bonchev–Trinajstić information content (AvgIpc) is 3.73. The van der Waals surface area contributed by atoms with Crippen LogP contribution in [0.25, 0.3) is 93.5 Å². The van der Waals surface area contributed by atoms with Gasteiger partial charge in [-0.05, 0) is 121 Å². The fourth-order valence-electron chi connectivity index (χ4n) is 9.72. The van der Waals surface area contributed by atoms with Crippen LogP contribution in [-0.4, -0.2) is 4.57 Å². The molecule has 0 radical (unpaired) electrons. The van der Waals surface area contributed by atoms with E-state index >= 15 is 0 Å². The van der Waals surface area contributed by atoms with Crippen molar-refractivity contribution in [3.05, 3.63) is 255 Å². The van der Waals surface area contributed by atoms with Crippen molar-refractivity contribution >= 4 is 60.4 Å². The van der Waals surface area contributed by atoms with E-state index in [1.807, 2.05) is 0 Å². The Kier molecular flexibility index (Phi) is 9.20. The van der Waals surface area contributed by atoms with Crippen LogP contribution < -0.4 is 4.90 Å². The van der Waals surface area contributed by atoms with Crippen molar-refractivity contribution in [1.82, 2.24) is 4.57 Å². The van der Waals surface area contributed by atoms with Crippen molar-refractivity contribution in [2.45, 2.75) is 0 Å². The standard InChI is InChI=1S/C62H42N2/c1-4-15-43(16-5-1)44-29-34-52(35-30-44)63(53-36-31-45(32-37-53)48-33-38-56-50(41-48)28-27-47-19-10-11-24-55(47)56)54-23-14-20-49(42-54)57-39-40-58(46-17-6-2-7-18-46)62-61(57)59-25-12-13-26-60(59)64(62)51-21-8-3-9-22-51/h1-42H. The summed E-state index contributed by atoms with van der Waals surface area (Å²) < 4.78 is 2.44. The molecule has 0 aliphatic heterocycles. The van der Waals surface area contributed by atoms with Crippen LogP contribution in [-0.2, 0) is 0 Å².